The molecular weight excluding hydrogens is 272 g/mol. The predicted molar refractivity (Wildman–Crippen MR) is 91.5 cm³/mol. The van der Waals surface area contributed by atoms with Crippen molar-refractivity contribution >= 4 is 12.0 Å². The van der Waals surface area contributed by atoms with E-state index in [-0.39, 0.29) is 0 Å². The summed E-state index contributed by atoms with van der Waals surface area (Å²) in [4.78, 5) is 10.5. The maximum Gasteiger partial charge on any atom is 0.328 e. The molecule has 0 saturated carbocycles. The third-order valence-electron chi connectivity index (χ3n) is 3.50. The Morgan fingerprint density at radius 1 is 1.23 bits per heavy atom. The first-order valence-electron chi connectivity index (χ1n) is 7.36. The van der Waals surface area contributed by atoms with Crippen LogP contribution >= 0.6 is 0 Å². The number of aliphatic carboxylic acids is 1. The van der Waals surface area contributed by atoms with Crippen molar-refractivity contribution in [2.75, 3.05) is 0 Å². The summed E-state index contributed by atoms with van der Waals surface area (Å²) in [6.45, 7) is 2.18. The van der Waals surface area contributed by atoms with Crippen molar-refractivity contribution in [2.45, 2.75) is 13.3 Å². The third-order valence-corrected chi connectivity index (χ3v) is 3.50. The minimum Gasteiger partial charge on any atom is -0.478 e. The quantitative estimate of drug-likeness (QED) is 0.807. The molecule has 0 heterocycles. The molecule has 2 heteroatoms. The van der Waals surface area contributed by atoms with Gasteiger partial charge < -0.3 is 5.11 Å². The van der Waals surface area contributed by atoms with Gasteiger partial charge in [-0.2, -0.15) is 0 Å². The van der Waals surface area contributed by atoms with Gasteiger partial charge in [0.1, 0.15) is 0 Å². The zero-order valence-electron chi connectivity index (χ0n) is 12.6. The van der Waals surface area contributed by atoms with Gasteiger partial charge in [-0.3, -0.25) is 0 Å². The second kappa shape index (κ2) is 7.99. The van der Waals surface area contributed by atoms with E-state index in [1.165, 1.54) is 11.1 Å². The molecule has 2 rings (SSSR count). The number of hydrogen-bond donors (Lipinski definition) is 1. The number of carboxylic acid groups (broad SMARTS) is 1. The highest BCUT2D eigenvalue weighted by Gasteiger charge is 2.02. The first-order valence-corrected chi connectivity index (χ1v) is 7.36. The van der Waals surface area contributed by atoms with E-state index in [9.17, 15) is 4.79 Å². The van der Waals surface area contributed by atoms with Gasteiger partial charge in [0.25, 0.3) is 0 Å². The Kier molecular flexibility index (Phi) is 5.73. The molecule has 0 bridgehead atoms. The van der Waals surface area contributed by atoms with E-state index in [0.717, 1.165) is 18.1 Å². The molecule has 1 aromatic rings. The molecule has 22 heavy (non-hydrogen) atoms. The van der Waals surface area contributed by atoms with E-state index in [1.54, 1.807) is 6.08 Å². The average molecular weight is 292 g/mol. The fourth-order valence-electron chi connectivity index (χ4n) is 2.18. The van der Waals surface area contributed by atoms with Crippen LogP contribution in [-0.4, -0.2) is 11.1 Å². The van der Waals surface area contributed by atoms with Crippen LogP contribution in [0.5, 0.6) is 0 Å². The Bertz CT molecular complexity index is 655. The van der Waals surface area contributed by atoms with E-state index in [0.29, 0.717) is 5.92 Å². The molecule has 2 nitrogen and oxygen atoms in total. The van der Waals surface area contributed by atoms with Crippen LogP contribution in [0.4, 0.5) is 0 Å². The predicted octanol–water partition coefficient (Wildman–Crippen LogP) is 4.57. The molecule has 1 aliphatic rings. The summed E-state index contributed by atoms with van der Waals surface area (Å²) in [5, 5.41) is 8.59. The number of benzene rings is 1. The molecule has 1 aromatic carbocycles. The van der Waals surface area contributed by atoms with Crippen molar-refractivity contribution in [3.05, 3.63) is 89.6 Å². The highest BCUT2D eigenvalue weighted by atomic mass is 16.4. The van der Waals surface area contributed by atoms with Crippen LogP contribution < -0.4 is 0 Å². The molecule has 1 aliphatic carbocycles. The second-order valence-electron chi connectivity index (χ2n) is 5.24. The highest BCUT2D eigenvalue weighted by Crippen LogP contribution is 2.17. The molecule has 0 fully saturated rings. The van der Waals surface area contributed by atoms with Crippen LogP contribution in [0.15, 0.2) is 78.4 Å². The summed E-state index contributed by atoms with van der Waals surface area (Å²) >= 11 is 0. The van der Waals surface area contributed by atoms with Gasteiger partial charge in [0.05, 0.1) is 0 Å². The van der Waals surface area contributed by atoms with Crippen LogP contribution in [0.25, 0.3) is 6.08 Å². The Morgan fingerprint density at radius 2 is 2.00 bits per heavy atom. The lowest BCUT2D eigenvalue weighted by Gasteiger charge is -2.09. The zero-order valence-corrected chi connectivity index (χ0v) is 12.6. The zero-order chi connectivity index (χ0) is 15.8. The normalized spacial score (nSPS) is 19.5. The molecule has 0 spiro atoms. The molecule has 0 amide bonds. The van der Waals surface area contributed by atoms with Gasteiger partial charge in [0.2, 0.25) is 0 Å². The van der Waals surface area contributed by atoms with Crippen molar-refractivity contribution in [1.82, 2.24) is 0 Å². The summed E-state index contributed by atoms with van der Waals surface area (Å²) in [6, 6.07) is 7.89. The van der Waals surface area contributed by atoms with Crippen LogP contribution in [0.1, 0.15) is 18.1 Å². The largest absolute Gasteiger partial charge is 0.478 e. The first-order chi connectivity index (χ1) is 10.6. The first kappa shape index (κ1) is 15.8. The molecule has 0 saturated heterocycles. The summed E-state index contributed by atoms with van der Waals surface area (Å²) < 4.78 is 0. The van der Waals surface area contributed by atoms with Crippen molar-refractivity contribution in [2.24, 2.45) is 5.92 Å². The van der Waals surface area contributed by atoms with Gasteiger partial charge in [0, 0.05) is 6.08 Å². The van der Waals surface area contributed by atoms with Crippen molar-refractivity contribution in [3.63, 3.8) is 0 Å². The fraction of sp³-hybridized carbons (Fsp3) is 0.150. The second-order valence-corrected chi connectivity index (χ2v) is 5.24. The molecular formula is C20H20O2. The number of hydrogen-bond acceptors (Lipinski definition) is 1. The summed E-state index contributed by atoms with van der Waals surface area (Å²) in [5.74, 6) is -0.462. The molecule has 0 aromatic heterocycles. The fourth-order valence-corrected chi connectivity index (χ4v) is 2.18. The van der Waals surface area contributed by atoms with Gasteiger partial charge in [-0.05, 0) is 35.1 Å². The molecule has 0 aliphatic heterocycles. The van der Waals surface area contributed by atoms with Crippen molar-refractivity contribution in [3.8, 4) is 0 Å². The Labute approximate surface area is 131 Å². The SMILES string of the molecule is C[C@H]1C=CC=C/C1=C/C=C\Cc1ccc(/C=C/C(=O)O)cc1. The van der Waals surface area contributed by atoms with Crippen LogP contribution in [0.3, 0.4) is 0 Å². The van der Waals surface area contributed by atoms with Crippen LogP contribution in [0, 0.1) is 5.92 Å². The minimum absolute atomic E-state index is 0.468. The number of carboxylic acids is 1. The van der Waals surface area contributed by atoms with Gasteiger partial charge in [-0.15, -0.1) is 0 Å². The van der Waals surface area contributed by atoms with E-state index in [1.807, 2.05) is 24.3 Å². The lowest BCUT2D eigenvalue weighted by Crippen LogP contribution is -1.94. The Hall–Kier alpha value is -2.61. The summed E-state index contributed by atoms with van der Waals surface area (Å²) in [7, 11) is 0. The molecule has 112 valence electrons. The van der Waals surface area contributed by atoms with E-state index in [2.05, 4.69) is 49.5 Å². The monoisotopic (exact) mass is 292 g/mol. The summed E-state index contributed by atoms with van der Waals surface area (Å²) in [6.07, 6.45) is 18.4. The Morgan fingerprint density at radius 3 is 2.68 bits per heavy atom. The highest BCUT2D eigenvalue weighted by molar-refractivity contribution is 5.85. The van der Waals surface area contributed by atoms with E-state index in [4.69, 9.17) is 5.11 Å². The maximum absolute atomic E-state index is 10.5. The molecule has 0 radical (unpaired) electrons. The number of carbonyl (C=O) groups is 1. The van der Waals surface area contributed by atoms with Crippen LogP contribution in [0.2, 0.25) is 0 Å². The smallest absolute Gasteiger partial charge is 0.328 e. The van der Waals surface area contributed by atoms with Gasteiger partial charge >= 0.3 is 5.97 Å². The van der Waals surface area contributed by atoms with E-state index < -0.39 is 5.97 Å². The molecule has 0 unspecified atom stereocenters. The molecule has 1 N–H and O–H groups in total. The molecule has 1 atom stereocenters. The minimum atomic E-state index is -0.930. The van der Waals surface area contributed by atoms with Gasteiger partial charge in [-0.1, -0.05) is 73.7 Å². The van der Waals surface area contributed by atoms with Crippen molar-refractivity contribution in [1.29, 1.82) is 0 Å². The Balaban J connectivity index is 1.90. The van der Waals surface area contributed by atoms with Gasteiger partial charge in [0.15, 0.2) is 0 Å². The topological polar surface area (TPSA) is 37.3 Å². The number of allylic oxidation sites excluding steroid dienone is 8. The number of rotatable bonds is 5. The van der Waals surface area contributed by atoms with Crippen molar-refractivity contribution < 1.29 is 9.90 Å². The van der Waals surface area contributed by atoms with Gasteiger partial charge in [-0.25, -0.2) is 4.79 Å². The maximum atomic E-state index is 10.5. The lowest BCUT2D eigenvalue weighted by atomic mass is 9.96. The third kappa shape index (κ3) is 5.06. The standard InChI is InChI=1S/C20H20O2/c1-16-6-2-4-8-19(16)9-5-3-7-17-10-12-18(13-11-17)14-15-20(21)22/h2-6,8-16H,7H2,1H3,(H,21,22)/b5-3-,15-14+,19-9-/t16-/m0/s1. The van der Waals surface area contributed by atoms with E-state index >= 15 is 0 Å². The summed E-state index contributed by atoms with van der Waals surface area (Å²) in [5.41, 5.74) is 3.41. The van der Waals surface area contributed by atoms with Crippen LogP contribution in [-0.2, 0) is 11.2 Å². The lowest BCUT2D eigenvalue weighted by molar-refractivity contribution is -0.131. The average Bonchev–Trinajstić information content (AvgIpc) is 2.52.